The molecule has 1 atom stereocenters. The molecular formula is C10H19Cl. The van der Waals surface area contributed by atoms with E-state index in [1.165, 1.54) is 6.42 Å². The Morgan fingerprint density at radius 3 is 2.36 bits per heavy atom. The van der Waals surface area contributed by atoms with Gasteiger partial charge in [0.2, 0.25) is 0 Å². The van der Waals surface area contributed by atoms with Gasteiger partial charge >= 0.3 is 0 Å². The van der Waals surface area contributed by atoms with Gasteiger partial charge in [-0.2, -0.15) is 0 Å². The molecule has 0 saturated carbocycles. The predicted molar refractivity (Wildman–Crippen MR) is 53.1 cm³/mol. The Bertz CT molecular complexity index is 105. The zero-order chi connectivity index (χ0) is 8.69. The Balaban J connectivity index is 3.39. The van der Waals surface area contributed by atoms with Crippen LogP contribution in [0.15, 0.2) is 12.2 Å². The second kappa shape index (κ2) is 6.72. The molecule has 0 aliphatic heterocycles. The van der Waals surface area contributed by atoms with E-state index in [0.29, 0.717) is 5.92 Å². The smallest absolute Gasteiger partial charge is 0.0228 e. The van der Waals surface area contributed by atoms with Gasteiger partial charge in [0, 0.05) is 5.88 Å². The summed E-state index contributed by atoms with van der Waals surface area (Å²) in [6.07, 6.45) is 6.81. The number of alkyl halides is 1. The van der Waals surface area contributed by atoms with Crippen molar-refractivity contribution in [2.45, 2.75) is 33.6 Å². The lowest BCUT2D eigenvalue weighted by Gasteiger charge is -2.02. The average molecular weight is 175 g/mol. The van der Waals surface area contributed by atoms with Crippen molar-refractivity contribution in [1.29, 1.82) is 0 Å². The first-order valence-corrected chi connectivity index (χ1v) is 4.93. The highest BCUT2D eigenvalue weighted by Gasteiger charge is 1.94. The first-order valence-electron chi connectivity index (χ1n) is 4.39. The summed E-state index contributed by atoms with van der Waals surface area (Å²) in [5, 5.41) is 0. The maximum Gasteiger partial charge on any atom is 0.0228 e. The quantitative estimate of drug-likeness (QED) is 0.439. The molecule has 0 aromatic rings. The molecule has 0 heterocycles. The van der Waals surface area contributed by atoms with E-state index in [-0.39, 0.29) is 0 Å². The summed E-state index contributed by atoms with van der Waals surface area (Å²) in [4.78, 5) is 0. The molecule has 0 saturated heterocycles. The van der Waals surface area contributed by atoms with E-state index in [2.05, 4.69) is 32.9 Å². The molecule has 66 valence electrons. The first kappa shape index (κ1) is 11.0. The van der Waals surface area contributed by atoms with Gasteiger partial charge < -0.3 is 0 Å². The molecule has 0 spiro atoms. The van der Waals surface area contributed by atoms with E-state index in [4.69, 9.17) is 11.6 Å². The first-order chi connectivity index (χ1) is 5.16. The summed E-state index contributed by atoms with van der Waals surface area (Å²) in [6, 6.07) is 0. The maximum atomic E-state index is 5.60. The van der Waals surface area contributed by atoms with E-state index in [9.17, 15) is 0 Å². The second-order valence-corrected chi connectivity index (χ2v) is 3.89. The van der Waals surface area contributed by atoms with Crippen LogP contribution in [0.25, 0.3) is 0 Å². The molecule has 0 aliphatic carbocycles. The van der Waals surface area contributed by atoms with Crippen LogP contribution in [0.4, 0.5) is 0 Å². The third kappa shape index (κ3) is 7.93. The molecule has 11 heavy (non-hydrogen) atoms. The summed E-state index contributed by atoms with van der Waals surface area (Å²) in [5.74, 6) is 2.19. The number of halogens is 1. The van der Waals surface area contributed by atoms with Gasteiger partial charge in [-0.1, -0.05) is 32.9 Å². The molecule has 0 N–H and O–H groups in total. The fourth-order valence-corrected chi connectivity index (χ4v) is 1.20. The Hall–Kier alpha value is 0.0300. The minimum atomic E-state index is 0.645. The van der Waals surface area contributed by atoms with E-state index in [0.717, 1.165) is 18.2 Å². The minimum Gasteiger partial charge on any atom is -0.127 e. The molecule has 0 fully saturated rings. The molecule has 1 heteroatoms. The zero-order valence-electron chi connectivity index (χ0n) is 7.81. The summed E-state index contributed by atoms with van der Waals surface area (Å²) in [7, 11) is 0. The summed E-state index contributed by atoms with van der Waals surface area (Å²) in [6.45, 7) is 6.67. The van der Waals surface area contributed by atoms with Gasteiger partial charge in [-0.15, -0.1) is 11.6 Å². The van der Waals surface area contributed by atoms with Crippen molar-refractivity contribution in [2.24, 2.45) is 11.8 Å². The van der Waals surface area contributed by atoms with Crippen LogP contribution in [0.5, 0.6) is 0 Å². The lowest BCUT2D eigenvalue weighted by Crippen LogP contribution is -1.90. The van der Waals surface area contributed by atoms with Gasteiger partial charge in [0.1, 0.15) is 0 Å². The largest absolute Gasteiger partial charge is 0.127 e. The van der Waals surface area contributed by atoms with Crippen LogP contribution in [0.2, 0.25) is 0 Å². The number of hydrogen-bond donors (Lipinski definition) is 0. The Labute approximate surface area is 75.6 Å². The molecule has 0 aromatic carbocycles. The highest BCUT2D eigenvalue weighted by Crippen LogP contribution is 2.07. The van der Waals surface area contributed by atoms with E-state index < -0.39 is 0 Å². The van der Waals surface area contributed by atoms with Crippen LogP contribution < -0.4 is 0 Å². The SMILES string of the molecule is CC(C)CC=CC(C)CCCl. The molecule has 0 nitrogen and oxygen atoms in total. The van der Waals surface area contributed by atoms with Crippen molar-refractivity contribution < 1.29 is 0 Å². The van der Waals surface area contributed by atoms with Crippen LogP contribution >= 0.6 is 11.6 Å². The van der Waals surface area contributed by atoms with Gasteiger partial charge in [-0.3, -0.25) is 0 Å². The van der Waals surface area contributed by atoms with Crippen LogP contribution in [0.1, 0.15) is 33.6 Å². The fourth-order valence-electron chi connectivity index (χ4n) is 0.851. The van der Waals surface area contributed by atoms with Gasteiger partial charge in [-0.25, -0.2) is 0 Å². The topological polar surface area (TPSA) is 0 Å². The normalized spacial score (nSPS) is 14.6. The van der Waals surface area contributed by atoms with Gasteiger partial charge in [-0.05, 0) is 24.7 Å². The molecule has 0 radical (unpaired) electrons. The van der Waals surface area contributed by atoms with Crippen LogP contribution in [-0.2, 0) is 0 Å². The van der Waals surface area contributed by atoms with Crippen molar-refractivity contribution in [3.8, 4) is 0 Å². The standard InChI is InChI=1S/C10H19Cl/c1-9(2)5-4-6-10(3)7-8-11/h4,6,9-10H,5,7-8H2,1-3H3. The maximum absolute atomic E-state index is 5.60. The lowest BCUT2D eigenvalue weighted by atomic mass is 10.1. The van der Waals surface area contributed by atoms with Crippen molar-refractivity contribution in [1.82, 2.24) is 0 Å². The highest BCUT2D eigenvalue weighted by atomic mass is 35.5. The van der Waals surface area contributed by atoms with Crippen molar-refractivity contribution in [2.75, 3.05) is 5.88 Å². The molecule has 0 aliphatic rings. The van der Waals surface area contributed by atoms with Crippen molar-refractivity contribution in [3.05, 3.63) is 12.2 Å². The van der Waals surface area contributed by atoms with Gasteiger partial charge in [0.25, 0.3) is 0 Å². The van der Waals surface area contributed by atoms with Crippen molar-refractivity contribution in [3.63, 3.8) is 0 Å². The monoisotopic (exact) mass is 174 g/mol. The van der Waals surface area contributed by atoms with Crippen LogP contribution in [0, 0.1) is 11.8 Å². The Kier molecular flexibility index (Phi) is 6.74. The van der Waals surface area contributed by atoms with Gasteiger partial charge in [0.15, 0.2) is 0 Å². The molecule has 0 aromatic heterocycles. The summed E-state index contributed by atoms with van der Waals surface area (Å²) >= 11 is 5.60. The zero-order valence-corrected chi connectivity index (χ0v) is 8.56. The molecule has 1 unspecified atom stereocenters. The van der Waals surface area contributed by atoms with Gasteiger partial charge in [0.05, 0.1) is 0 Å². The summed E-state index contributed by atoms with van der Waals surface area (Å²) in [5.41, 5.74) is 0. The minimum absolute atomic E-state index is 0.645. The Morgan fingerprint density at radius 2 is 1.91 bits per heavy atom. The van der Waals surface area contributed by atoms with Crippen molar-refractivity contribution >= 4 is 11.6 Å². The molecule has 0 bridgehead atoms. The fraction of sp³-hybridized carbons (Fsp3) is 0.800. The second-order valence-electron chi connectivity index (χ2n) is 3.51. The number of allylic oxidation sites excluding steroid dienone is 2. The molecular weight excluding hydrogens is 156 g/mol. The third-order valence-electron chi connectivity index (χ3n) is 1.64. The third-order valence-corrected chi connectivity index (χ3v) is 1.85. The predicted octanol–water partition coefficient (Wildman–Crippen LogP) is 3.85. The molecule has 0 amide bonds. The summed E-state index contributed by atoms with van der Waals surface area (Å²) < 4.78 is 0. The average Bonchev–Trinajstić information content (AvgIpc) is 1.87. The van der Waals surface area contributed by atoms with Crippen LogP contribution in [-0.4, -0.2) is 5.88 Å². The lowest BCUT2D eigenvalue weighted by molar-refractivity contribution is 0.649. The van der Waals surface area contributed by atoms with Crippen LogP contribution in [0.3, 0.4) is 0 Å². The van der Waals surface area contributed by atoms with E-state index in [1.54, 1.807) is 0 Å². The number of rotatable bonds is 5. The molecule has 0 rings (SSSR count). The van der Waals surface area contributed by atoms with E-state index in [1.807, 2.05) is 0 Å². The Morgan fingerprint density at radius 1 is 1.27 bits per heavy atom. The highest BCUT2D eigenvalue weighted by molar-refractivity contribution is 6.17. The van der Waals surface area contributed by atoms with E-state index >= 15 is 0 Å². The number of hydrogen-bond acceptors (Lipinski definition) is 0.